The van der Waals surface area contributed by atoms with Crippen molar-refractivity contribution in [2.75, 3.05) is 5.32 Å². The van der Waals surface area contributed by atoms with Crippen LogP contribution >= 0.6 is 0 Å². The standard InChI is InChI=1S/C7H7N3O2/c11-6-2-1-4-5(9-6)3-8-10-7(4)12/h3H,1-2H2,(H,9,11)(H,10,12). The molecule has 2 N–H and O–H groups in total. The van der Waals surface area contributed by atoms with E-state index in [2.05, 4.69) is 15.5 Å². The minimum atomic E-state index is -0.215. The third kappa shape index (κ3) is 0.990. The highest BCUT2D eigenvalue weighted by Gasteiger charge is 2.16. The third-order valence-corrected chi connectivity index (χ3v) is 1.84. The van der Waals surface area contributed by atoms with Gasteiger partial charge in [-0.05, 0) is 6.42 Å². The average Bonchev–Trinajstić information content (AvgIpc) is 2.04. The SMILES string of the molecule is O=C1CCc2c(cn[nH]c2=O)N1. The van der Waals surface area contributed by atoms with Gasteiger partial charge in [0.2, 0.25) is 5.91 Å². The Labute approximate surface area is 67.8 Å². The van der Waals surface area contributed by atoms with Gasteiger partial charge in [0.1, 0.15) is 0 Å². The number of rotatable bonds is 0. The minimum absolute atomic E-state index is 0.0603. The largest absolute Gasteiger partial charge is 0.324 e. The number of aromatic amines is 1. The van der Waals surface area contributed by atoms with Crippen molar-refractivity contribution in [2.24, 2.45) is 0 Å². The molecule has 0 aliphatic carbocycles. The average molecular weight is 165 g/mol. The molecule has 5 heteroatoms. The molecule has 1 amide bonds. The number of hydrogen-bond donors (Lipinski definition) is 2. The molecule has 1 aromatic heterocycles. The summed E-state index contributed by atoms with van der Waals surface area (Å²) in [6.45, 7) is 0. The minimum Gasteiger partial charge on any atom is -0.324 e. The number of aromatic nitrogens is 2. The summed E-state index contributed by atoms with van der Waals surface area (Å²) < 4.78 is 0. The lowest BCUT2D eigenvalue weighted by Crippen LogP contribution is -2.26. The third-order valence-electron chi connectivity index (χ3n) is 1.84. The maximum Gasteiger partial charge on any atom is 0.269 e. The molecule has 1 aromatic rings. The van der Waals surface area contributed by atoms with Crippen molar-refractivity contribution in [1.29, 1.82) is 0 Å². The van der Waals surface area contributed by atoms with Crippen LogP contribution in [0.25, 0.3) is 0 Å². The summed E-state index contributed by atoms with van der Waals surface area (Å²) in [7, 11) is 0. The van der Waals surface area contributed by atoms with Crippen LogP contribution in [-0.2, 0) is 11.2 Å². The van der Waals surface area contributed by atoms with Gasteiger partial charge in [-0.15, -0.1) is 0 Å². The second-order valence-electron chi connectivity index (χ2n) is 2.64. The molecule has 0 spiro atoms. The van der Waals surface area contributed by atoms with E-state index in [1.165, 1.54) is 6.20 Å². The van der Waals surface area contributed by atoms with Crippen molar-refractivity contribution >= 4 is 11.6 Å². The van der Waals surface area contributed by atoms with E-state index in [1.54, 1.807) is 0 Å². The van der Waals surface area contributed by atoms with Crippen LogP contribution in [0, 0.1) is 0 Å². The van der Waals surface area contributed by atoms with E-state index in [4.69, 9.17) is 0 Å². The summed E-state index contributed by atoms with van der Waals surface area (Å²) in [6, 6.07) is 0. The maximum atomic E-state index is 11.1. The first-order chi connectivity index (χ1) is 5.77. The first-order valence-electron chi connectivity index (χ1n) is 3.64. The molecule has 5 nitrogen and oxygen atoms in total. The number of amides is 1. The molecule has 0 atom stereocenters. The highest BCUT2D eigenvalue weighted by molar-refractivity contribution is 5.93. The molecule has 0 unspecified atom stereocenters. The predicted molar refractivity (Wildman–Crippen MR) is 41.8 cm³/mol. The highest BCUT2D eigenvalue weighted by Crippen LogP contribution is 2.15. The Bertz CT molecular complexity index is 382. The number of fused-ring (bicyclic) bond motifs is 1. The van der Waals surface area contributed by atoms with Gasteiger partial charge in [0.25, 0.3) is 5.56 Å². The normalized spacial score (nSPS) is 15.2. The number of H-pyrrole nitrogens is 1. The summed E-state index contributed by atoms with van der Waals surface area (Å²) in [5.74, 6) is -0.0603. The second kappa shape index (κ2) is 2.44. The topological polar surface area (TPSA) is 74.8 Å². The molecule has 1 aliphatic heterocycles. The van der Waals surface area contributed by atoms with Gasteiger partial charge in [-0.3, -0.25) is 9.59 Å². The summed E-state index contributed by atoms with van der Waals surface area (Å²) in [4.78, 5) is 22.0. The molecule has 0 radical (unpaired) electrons. The fourth-order valence-electron chi connectivity index (χ4n) is 1.23. The van der Waals surface area contributed by atoms with Crippen molar-refractivity contribution in [2.45, 2.75) is 12.8 Å². The molecule has 0 fully saturated rings. The van der Waals surface area contributed by atoms with Gasteiger partial charge in [0.05, 0.1) is 11.9 Å². The molecule has 12 heavy (non-hydrogen) atoms. The van der Waals surface area contributed by atoms with Crippen LogP contribution in [0.2, 0.25) is 0 Å². The smallest absolute Gasteiger partial charge is 0.269 e. The monoisotopic (exact) mass is 165 g/mol. The number of carbonyl (C=O) groups excluding carboxylic acids is 1. The van der Waals surface area contributed by atoms with Crippen molar-refractivity contribution in [3.05, 3.63) is 22.1 Å². The Morgan fingerprint density at radius 1 is 1.33 bits per heavy atom. The second-order valence-corrected chi connectivity index (χ2v) is 2.64. The lowest BCUT2D eigenvalue weighted by Gasteiger charge is -2.13. The van der Waals surface area contributed by atoms with Gasteiger partial charge >= 0.3 is 0 Å². The lowest BCUT2D eigenvalue weighted by molar-refractivity contribution is -0.116. The molecule has 2 heterocycles. The molecular weight excluding hydrogens is 158 g/mol. The van der Waals surface area contributed by atoms with Crippen LogP contribution in [-0.4, -0.2) is 16.1 Å². The lowest BCUT2D eigenvalue weighted by atomic mass is 10.1. The number of hydrogen-bond acceptors (Lipinski definition) is 3. The Kier molecular flexibility index (Phi) is 1.43. The highest BCUT2D eigenvalue weighted by atomic mass is 16.2. The number of nitrogens with one attached hydrogen (secondary N) is 2. The van der Waals surface area contributed by atoms with E-state index in [1.807, 2.05) is 0 Å². The Balaban J connectivity index is 2.56. The summed E-state index contributed by atoms with van der Waals surface area (Å²) >= 11 is 0. The van der Waals surface area contributed by atoms with Crippen LogP contribution in [0.1, 0.15) is 12.0 Å². The first-order valence-corrected chi connectivity index (χ1v) is 3.64. The zero-order chi connectivity index (χ0) is 8.55. The molecule has 0 saturated heterocycles. The molecule has 1 aliphatic rings. The van der Waals surface area contributed by atoms with Crippen molar-refractivity contribution < 1.29 is 4.79 Å². The van der Waals surface area contributed by atoms with E-state index >= 15 is 0 Å². The van der Waals surface area contributed by atoms with E-state index in [0.29, 0.717) is 24.1 Å². The van der Waals surface area contributed by atoms with Crippen molar-refractivity contribution in [1.82, 2.24) is 10.2 Å². The molecule has 2 rings (SSSR count). The van der Waals surface area contributed by atoms with Crippen LogP contribution in [0.5, 0.6) is 0 Å². The van der Waals surface area contributed by atoms with Gasteiger partial charge in [-0.25, -0.2) is 5.10 Å². The van der Waals surface area contributed by atoms with Gasteiger partial charge in [-0.1, -0.05) is 0 Å². The van der Waals surface area contributed by atoms with Crippen LogP contribution in [0.15, 0.2) is 11.0 Å². The maximum absolute atomic E-state index is 11.1. The summed E-state index contributed by atoms with van der Waals surface area (Å²) in [5, 5.41) is 8.48. The van der Waals surface area contributed by atoms with Crippen LogP contribution in [0.4, 0.5) is 5.69 Å². The summed E-state index contributed by atoms with van der Waals surface area (Å²) in [6.07, 6.45) is 2.33. The van der Waals surface area contributed by atoms with E-state index in [-0.39, 0.29) is 11.5 Å². The fourth-order valence-corrected chi connectivity index (χ4v) is 1.23. The number of nitrogens with zero attached hydrogens (tertiary/aromatic N) is 1. The van der Waals surface area contributed by atoms with Gasteiger partial charge < -0.3 is 5.32 Å². The summed E-state index contributed by atoms with van der Waals surface area (Å²) in [5.41, 5.74) is 0.937. The zero-order valence-corrected chi connectivity index (χ0v) is 6.26. The molecule has 0 bridgehead atoms. The van der Waals surface area contributed by atoms with Gasteiger partial charge in [0, 0.05) is 12.0 Å². The van der Waals surface area contributed by atoms with Gasteiger partial charge in [0.15, 0.2) is 0 Å². The Morgan fingerprint density at radius 2 is 2.17 bits per heavy atom. The fraction of sp³-hybridized carbons (Fsp3) is 0.286. The van der Waals surface area contributed by atoms with Crippen LogP contribution in [0.3, 0.4) is 0 Å². The number of carbonyl (C=O) groups is 1. The van der Waals surface area contributed by atoms with Crippen molar-refractivity contribution in [3.8, 4) is 0 Å². The molecule has 62 valence electrons. The molecular formula is C7H7N3O2. The van der Waals surface area contributed by atoms with Gasteiger partial charge in [-0.2, -0.15) is 5.10 Å². The van der Waals surface area contributed by atoms with Crippen LogP contribution < -0.4 is 10.9 Å². The van der Waals surface area contributed by atoms with Crippen molar-refractivity contribution in [3.63, 3.8) is 0 Å². The van der Waals surface area contributed by atoms with E-state index in [9.17, 15) is 9.59 Å². The quantitative estimate of drug-likeness (QED) is 0.552. The number of anilines is 1. The zero-order valence-electron chi connectivity index (χ0n) is 6.26. The Hall–Kier alpha value is -1.65. The van der Waals surface area contributed by atoms with E-state index < -0.39 is 0 Å². The first kappa shape index (κ1) is 7.02. The van der Waals surface area contributed by atoms with E-state index in [0.717, 1.165) is 0 Å². The Morgan fingerprint density at radius 3 is 3.00 bits per heavy atom. The molecule has 0 aromatic carbocycles. The molecule has 0 saturated carbocycles. The predicted octanol–water partition coefficient (Wildman–Crippen LogP) is -0.345.